The molecule has 0 bridgehead atoms. The Balaban J connectivity index is 1.59. The summed E-state index contributed by atoms with van der Waals surface area (Å²) >= 11 is 5.98. The average molecular weight is 424 g/mol. The number of ether oxygens (including phenoxy) is 1. The van der Waals surface area contributed by atoms with Gasteiger partial charge in [0.2, 0.25) is 5.43 Å². The Bertz CT molecular complexity index is 1360. The third-order valence-corrected chi connectivity index (χ3v) is 4.97. The van der Waals surface area contributed by atoms with E-state index < -0.39 is 11.1 Å². The Morgan fingerprint density at radius 2 is 1.93 bits per heavy atom. The lowest BCUT2D eigenvalue weighted by Gasteiger charge is -2.11. The van der Waals surface area contributed by atoms with Gasteiger partial charge in [-0.15, -0.1) is 0 Å². The first-order chi connectivity index (χ1) is 14.4. The second-order valence-electron chi connectivity index (χ2n) is 6.97. The van der Waals surface area contributed by atoms with E-state index in [1.807, 2.05) is 24.3 Å². The first-order valence-electron chi connectivity index (χ1n) is 9.23. The minimum Gasteiger partial charge on any atom is -0.503 e. The van der Waals surface area contributed by atoms with Crippen LogP contribution >= 0.6 is 11.6 Å². The van der Waals surface area contributed by atoms with Crippen LogP contribution in [0.1, 0.15) is 16.8 Å². The molecule has 7 heteroatoms. The molecule has 0 aliphatic carbocycles. The molecule has 6 nitrogen and oxygen atoms in total. The minimum absolute atomic E-state index is 0.172. The number of pyridine rings is 1. The van der Waals surface area contributed by atoms with Crippen molar-refractivity contribution in [1.29, 1.82) is 0 Å². The summed E-state index contributed by atoms with van der Waals surface area (Å²) in [7, 11) is 0. The van der Waals surface area contributed by atoms with Crippen molar-refractivity contribution in [2.45, 2.75) is 20.1 Å². The Labute approximate surface area is 176 Å². The van der Waals surface area contributed by atoms with E-state index in [1.165, 1.54) is 12.3 Å². The first-order valence-corrected chi connectivity index (χ1v) is 9.61. The molecule has 0 aliphatic rings. The Hall–Kier alpha value is -3.51. The summed E-state index contributed by atoms with van der Waals surface area (Å²) in [5, 5.41) is 11.0. The van der Waals surface area contributed by atoms with E-state index in [9.17, 15) is 14.7 Å². The number of aryl methyl sites for hydroxylation is 1. The van der Waals surface area contributed by atoms with Crippen molar-refractivity contribution in [1.82, 2.24) is 4.57 Å². The summed E-state index contributed by atoms with van der Waals surface area (Å²) in [6.45, 7) is 2.24. The summed E-state index contributed by atoms with van der Waals surface area (Å²) in [5.74, 6) is 0.201. The van der Waals surface area contributed by atoms with Gasteiger partial charge >= 0.3 is 5.63 Å². The van der Waals surface area contributed by atoms with Gasteiger partial charge in [0.1, 0.15) is 17.9 Å². The highest BCUT2D eigenvalue weighted by Gasteiger charge is 2.10. The normalized spacial score (nSPS) is 11.0. The van der Waals surface area contributed by atoms with Crippen molar-refractivity contribution in [3.63, 3.8) is 0 Å². The van der Waals surface area contributed by atoms with Gasteiger partial charge < -0.3 is 18.8 Å². The van der Waals surface area contributed by atoms with E-state index in [1.54, 1.807) is 35.8 Å². The highest BCUT2D eigenvalue weighted by Crippen LogP contribution is 2.22. The highest BCUT2D eigenvalue weighted by molar-refractivity contribution is 6.30. The molecular formula is C23H18ClNO5. The fourth-order valence-electron chi connectivity index (χ4n) is 3.14. The monoisotopic (exact) mass is 423 g/mol. The molecule has 0 atom stereocenters. The van der Waals surface area contributed by atoms with Gasteiger partial charge in [-0.1, -0.05) is 23.7 Å². The zero-order chi connectivity index (χ0) is 21.3. The van der Waals surface area contributed by atoms with Crippen molar-refractivity contribution < 1.29 is 14.3 Å². The lowest BCUT2D eigenvalue weighted by Crippen LogP contribution is -2.15. The van der Waals surface area contributed by atoms with E-state index >= 15 is 0 Å². The summed E-state index contributed by atoms with van der Waals surface area (Å²) in [6, 6.07) is 15.7. The smallest absolute Gasteiger partial charge is 0.341 e. The molecule has 2 heterocycles. The van der Waals surface area contributed by atoms with Crippen molar-refractivity contribution in [3.05, 3.63) is 103 Å². The number of hydrogen-bond donors (Lipinski definition) is 1. The first kappa shape index (κ1) is 19.8. The highest BCUT2D eigenvalue weighted by atomic mass is 35.5. The van der Waals surface area contributed by atoms with Crippen molar-refractivity contribution in [2.24, 2.45) is 0 Å². The SMILES string of the molecule is Cc1cc(=O)c(O)cn1Cc1cc2ccc(OCc3cccc(Cl)c3)cc2oc1=O. The molecule has 4 rings (SSSR count). The largest absolute Gasteiger partial charge is 0.503 e. The van der Waals surface area contributed by atoms with Gasteiger partial charge in [0.05, 0.1) is 18.3 Å². The fraction of sp³-hybridized carbons (Fsp3) is 0.130. The van der Waals surface area contributed by atoms with Crippen LogP contribution in [-0.2, 0) is 13.2 Å². The topological polar surface area (TPSA) is 81.7 Å². The number of aromatic hydroxyl groups is 1. The predicted molar refractivity (Wildman–Crippen MR) is 114 cm³/mol. The molecule has 0 amide bonds. The van der Waals surface area contributed by atoms with Crippen LogP contribution in [0.3, 0.4) is 0 Å². The molecule has 30 heavy (non-hydrogen) atoms. The van der Waals surface area contributed by atoms with Crippen LogP contribution in [0.15, 0.2) is 74.8 Å². The molecule has 2 aromatic carbocycles. The maximum atomic E-state index is 12.5. The van der Waals surface area contributed by atoms with Gasteiger partial charge in [-0.2, -0.15) is 0 Å². The van der Waals surface area contributed by atoms with Crippen LogP contribution in [-0.4, -0.2) is 9.67 Å². The fourth-order valence-corrected chi connectivity index (χ4v) is 3.35. The summed E-state index contributed by atoms with van der Waals surface area (Å²) in [5.41, 5.74) is 1.42. The molecule has 0 saturated carbocycles. The van der Waals surface area contributed by atoms with E-state index in [-0.39, 0.29) is 12.3 Å². The number of benzene rings is 2. The maximum absolute atomic E-state index is 12.5. The molecule has 0 aliphatic heterocycles. The van der Waals surface area contributed by atoms with Crippen LogP contribution in [0.2, 0.25) is 5.02 Å². The van der Waals surface area contributed by atoms with Crippen LogP contribution in [0, 0.1) is 6.92 Å². The third-order valence-electron chi connectivity index (χ3n) is 4.74. The lowest BCUT2D eigenvalue weighted by molar-refractivity contribution is 0.306. The molecule has 0 saturated heterocycles. The molecule has 0 unspecified atom stereocenters. The van der Waals surface area contributed by atoms with E-state index in [0.29, 0.717) is 34.2 Å². The van der Waals surface area contributed by atoms with Gasteiger partial charge in [-0.3, -0.25) is 4.79 Å². The van der Waals surface area contributed by atoms with Gasteiger partial charge in [0.25, 0.3) is 0 Å². The zero-order valence-corrected chi connectivity index (χ0v) is 16.8. The summed E-state index contributed by atoms with van der Waals surface area (Å²) in [4.78, 5) is 24.0. The standard InChI is InChI=1S/C23H18ClNO5/c1-14-7-20(26)21(27)12-25(14)11-17-9-16-5-6-19(10-22(16)30-23(17)28)29-13-15-3-2-4-18(24)8-15/h2-10,12,27H,11,13H2,1H3. The van der Waals surface area contributed by atoms with Gasteiger partial charge in [0.15, 0.2) is 5.75 Å². The Morgan fingerprint density at radius 3 is 2.73 bits per heavy atom. The van der Waals surface area contributed by atoms with Crippen LogP contribution < -0.4 is 15.8 Å². The Kier molecular flexibility index (Phi) is 5.33. The van der Waals surface area contributed by atoms with Crippen LogP contribution in [0.25, 0.3) is 11.0 Å². The summed E-state index contributed by atoms with van der Waals surface area (Å²) in [6.07, 6.45) is 1.31. The van der Waals surface area contributed by atoms with Crippen molar-refractivity contribution in [2.75, 3.05) is 0 Å². The molecule has 0 fully saturated rings. The van der Waals surface area contributed by atoms with Crippen LogP contribution in [0.4, 0.5) is 0 Å². The number of aromatic nitrogens is 1. The zero-order valence-electron chi connectivity index (χ0n) is 16.1. The Morgan fingerprint density at radius 1 is 1.10 bits per heavy atom. The van der Waals surface area contributed by atoms with Gasteiger partial charge in [0, 0.05) is 28.2 Å². The van der Waals surface area contributed by atoms with Gasteiger partial charge in [-0.05, 0) is 42.8 Å². The number of nitrogens with zero attached hydrogens (tertiary/aromatic N) is 1. The quantitative estimate of drug-likeness (QED) is 0.485. The third kappa shape index (κ3) is 4.23. The minimum atomic E-state index is -0.493. The molecule has 1 N–H and O–H groups in total. The number of hydrogen-bond acceptors (Lipinski definition) is 5. The molecule has 152 valence electrons. The second-order valence-corrected chi connectivity index (χ2v) is 7.41. The van der Waals surface area contributed by atoms with Crippen molar-refractivity contribution in [3.8, 4) is 11.5 Å². The number of fused-ring (bicyclic) bond motifs is 1. The van der Waals surface area contributed by atoms with Crippen molar-refractivity contribution >= 4 is 22.6 Å². The molecular weight excluding hydrogens is 406 g/mol. The second kappa shape index (κ2) is 8.08. The molecule has 0 spiro atoms. The number of halogens is 1. The number of rotatable bonds is 5. The average Bonchev–Trinajstić information content (AvgIpc) is 2.71. The van der Waals surface area contributed by atoms with E-state index in [4.69, 9.17) is 20.8 Å². The van der Waals surface area contributed by atoms with E-state index in [2.05, 4.69) is 0 Å². The molecule has 2 aromatic heterocycles. The van der Waals surface area contributed by atoms with E-state index in [0.717, 1.165) is 10.9 Å². The predicted octanol–water partition coefficient (Wildman–Crippen LogP) is 4.25. The molecule has 0 radical (unpaired) electrons. The molecule has 4 aromatic rings. The van der Waals surface area contributed by atoms with Crippen LogP contribution in [0.5, 0.6) is 11.5 Å². The summed E-state index contributed by atoms with van der Waals surface area (Å²) < 4.78 is 12.9. The maximum Gasteiger partial charge on any atom is 0.341 e. The lowest BCUT2D eigenvalue weighted by atomic mass is 10.1. The van der Waals surface area contributed by atoms with Gasteiger partial charge in [-0.25, -0.2) is 4.79 Å².